The van der Waals surface area contributed by atoms with Crippen molar-refractivity contribution in [2.75, 3.05) is 27.3 Å². The second kappa shape index (κ2) is 10.2. The Hall–Kier alpha value is -2.28. The summed E-state index contributed by atoms with van der Waals surface area (Å²) in [5.74, 6) is 1.02. The first-order valence-corrected chi connectivity index (χ1v) is 9.45. The maximum Gasteiger partial charge on any atom is 0.220 e. The Bertz CT molecular complexity index is 620. The van der Waals surface area contributed by atoms with Gasteiger partial charge in [-0.3, -0.25) is 14.5 Å². The van der Waals surface area contributed by atoms with E-state index in [2.05, 4.69) is 10.2 Å². The third-order valence-corrected chi connectivity index (χ3v) is 5.15. The fourth-order valence-corrected chi connectivity index (χ4v) is 3.33. The van der Waals surface area contributed by atoms with Gasteiger partial charge in [-0.1, -0.05) is 13.0 Å². The second-order valence-electron chi connectivity index (χ2n) is 7.10. The second-order valence-corrected chi connectivity index (χ2v) is 7.10. The molecule has 1 aliphatic rings. The van der Waals surface area contributed by atoms with Gasteiger partial charge in [0.1, 0.15) is 11.5 Å². The van der Waals surface area contributed by atoms with Gasteiger partial charge in [0.15, 0.2) is 0 Å². The summed E-state index contributed by atoms with van der Waals surface area (Å²) in [4.78, 5) is 25.5. The highest BCUT2D eigenvalue weighted by molar-refractivity contribution is 5.79. The molecule has 0 unspecified atom stereocenters. The molecule has 3 N–H and O–H groups in total. The van der Waals surface area contributed by atoms with E-state index in [-0.39, 0.29) is 23.8 Å². The zero-order valence-corrected chi connectivity index (χ0v) is 16.5. The standard InChI is InChI=1S/C20H31N3O4/c1-14(20(21)25)7-8-19(24)22-15-9-11-23(12-10-15)13-16-17(26-2)5-4-6-18(16)27-3/h4-6,14-15H,7-13H2,1-3H3,(H2,21,25)(H,22,24)/t14-/m0/s1. The van der Waals surface area contributed by atoms with Crippen LogP contribution in [0, 0.1) is 5.92 Å². The van der Waals surface area contributed by atoms with E-state index in [1.165, 1.54) is 0 Å². The molecule has 0 aliphatic carbocycles. The van der Waals surface area contributed by atoms with E-state index in [9.17, 15) is 9.59 Å². The lowest BCUT2D eigenvalue weighted by Crippen LogP contribution is -2.44. The summed E-state index contributed by atoms with van der Waals surface area (Å²) in [6, 6.07) is 5.98. The monoisotopic (exact) mass is 377 g/mol. The van der Waals surface area contributed by atoms with Crippen LogP contribution in [0.4, 0.5) is 0 Å². The Morgan fingerprint density at radius 3 is 2.33 bits per heavy atom. The number of amides is 2. The van der Waals surface area contributed by atoms with Crippen LogP contribution in [0.2, 0.25) is 0 Å². The van der Waals surface area contributed by atoms with Crippen molar-refractivity contribution in [1.29, 1.82) is 0 Å². The summed E-state index contributed by atoms with van der Waals surface area (Å²) < 4.78 is 10.9. The zero-order valence-electron chi connectivity index (χ0n) is 16.5. The Morgan fingerprint density at radius 1 is 1.22 bits per heavy atom. The molecule has 0 bridgehead atoms. The lowest BCUT2D eigenvalue weighted by molar-refractivity contribution is -0.123. The Kier molecular flexibility index (Phi) is 7.91. The van der Waals surface area contributed by atoms with Gasteiger partial charge in [0.2, 0.25) is 11.8 Å². The van der Waals surface area contributed by atoms with E-state index in [1.807, 2.05) is 18.2 Å². The van der Waals surface area contributed by atoms with Crippen LogP contribution in [-0.2, 0) is 16.1 Å². The molecular weight excluding hydrogens is 346 g/mol. The summed E-state index contributed by atoms with van der Waals surface area (Å²) in [6.07, 6.45) is 2.62. The summed E-state index contributed by atoms with van der Waals surface area (Å²) >= 11 is 0. The Morgan fingerprint density at radius 2 is 1.81 bits per heavy atom. The van der Waals surface area contributed by atoms with E-state index in [0.29, 0.717) is 12.8 Å². The molecule has 1 fully saturated rings. The molecular formula is C20H31N3O4. The van der Waals surface area contributed by atoms with Crippen LogP contribution >= 0.6 is 0 Å². The molecule has 0 spiro atoms. The number of primary amides is 1. The first-order valence-electron chi connectivity index (χ1n) is 9.45. The van der Waals surface area contributed by atoms with Gasteiger partial charge in [-0.05, 0) is 31.4 Å². The lowest BCUT2D eigenvalue weighted by Gasteiger charge is -2.33. The number of ether oxygens (including phenoxy) is 2. The predicted molar refractivity (Wildman–Crippen MR) is 104 cm³/mol. The van der Waals surface area contributed by atoms with Gasteiger partial charge in [0.05, 0.1) is 19.8 Å². The van der Waals surface area contributed by atoms with Gasteiger partial charge < -0.3 is 20.5 Å². The summed E-state index contributed by atoms with van der Waals surface area (Å²) in [5, 5.41) is 3.08. The average molecular weight is 377 g/mol. The van der Waals surface area contributed by atoms with Crippen LogP contribution in [0.5, 0.6) is 11.5 Å². The molecule has 7 heteroatoms. The molecule has 1 saturated heterocycles. The number of nitrogens with zero attached hydrogens (tertiary/aromatic N) is 1. The van der Waals surface area contributed by atoms with E-state index < -0.39 is 0 Å². The minimum atomic E-state index is -0.358. The van der Waals surface area contributed by atoms with Gasteiger partial charge in [-0.25, -0.2) is 0 Å². The third-order valence-electron chi connectivity index (χ3n) is 5.15. The van der Waals surface area contributed by atoms with Crippen LogP contribution in [-0.4, -0.2) is 50.1 Å². The van der Waals surface area contributed by atoms with Gasteiger partial charge in [0.25, 0.3) is 0 Å². The Labute approximate surface area is 161 Å². The minimum Gasteiger partial charge on any atom is -0.496 e. The number of methoxy groups -OCH3 is 2. The number of piperidine rings is 1. The lowest BCUT2D eigenvalue weighted by atomic mass is 10.0. The topological polar surface area (TPSA) is 93.9 Å². The number of hydrogen-bond acceptors (Lipinski definition) is 5. The number of carbonyl (C=O) groups is 2. The van der Waals surface area contributed by atoms with Crippen molar-refractivity contribution in [3.63, 3.8) is 0 Å². The van der Waals surface area contributed by atoms with Crippen molar-refractivity contribution in [3.8, 4) is 11.5 Å². The van der Waals surface area contributed by atoms with Crippen molar-refractivity contribution in [3.05, 3.63) is 23.8 Å². The highest BCUT2D eigenvalue weighted by Crippen LogP contribution is 2.30. The molecule has 1 heterocycles. The largest absolute Gasteiger partial charge is 0.496 e. The summed E-state index contributed by atoms with van der Waals surface area (Å²) in [7, 11) is 3.33. The van der Waals surface area contributed by atoms with Crippen LogP contribution < -0.4 is 20.5 Å². The van der Waals surface area contributed by atoms with Crippen LogP contribution in [0.15, 0.2) is 18.2 Å². The first kappa shape index (κ1) is 21.0. The number of likely N-dealkylation sites (tertiary alicyclic amines) is 1. The quantitative estimate of drug-likeness (QED) is 0.683. The van der Waals surface area contributed by atoms with E-state index in [4.69, 9.17) is 15.2 Å². The fourth-order valence-electron chi connectivity index (χ4n) is 3.33. The number of nitrogens with two attached hydrogens (primary N) is 1. The van der Waals surface area contributed by atoms with E-state index >= 15 is 0 Å². The number of nitrogens with one attached hydrogen (secondary N) is 1. The number of carbonyl (C=O) groups excluding carboxylic acids is 2. The molecule has 1 atom stereocenters. The normalized spacial score (nSPS) is 16.6. The molecule has 150 valence electrons. The maximum atomic E-state index is 12.1. The molecule has 7 nitrogen and oxygen atoms in total. The Balaban J connectivity index is 1.81. The van der Waals surface area contributed by atoms with Crippen molar-refractivity contribution >= 4 is 11.8 Å². The third kappa shape index (κ3) is 6.13. The number of rotatable bonds is 9. The van der Waals surface area contributed by atoms with Crippen LogP contribution in [0.3, 0.4) is 0 Å². The van der Waals surface area contributed by atoms with E-state index in [0.717, 1.165) is 49.5 Å². The van der Waals surface area contributed by atoms with Gasteiger partial charge in [0, 0.05) is 38.0 Å². The highest BCUT2D eigenvalue weighted by atomic mass is 16.5. The highest BCUT2D eigenvalue weighted by Gasteiger charge is 2.23. The first-order chi connectivity index (χ1) is 12.9. The van der Waals surface area contributed by atoms with Crippen LogP contribution in [0.1, 0.15) is 38.2 Å². The molecule has 0 saturated carbocycles. The van der Waals surface area contributed by atoms with Gasteiger partial charge in [-0.15, -0.1) is 0 Å². The molecule has 2 amide bonds. The van der Waals surface area contributed by atoms with Crippen molar-refractivity contribution in [2.45, 2.75) is 45.2 Å². The molecule has 1 aromatic rings. The van der Waals surface area contributed by atoms with Crippen molar-refractivity contribution in [1.82, 2.24) is 10.2 Å². The number of benzene rings is 1. The minimum absolute atomic E-state index is 0.00653. The molecule has 1 aliphatic heterocycles. The maximum absolute atomic E-state index is 12.1. The summed E-state index contributed by atoms with van der Waals surface area (Å²) in [5.41, 5.74) is 6.28. The van der Waals surface area contributed by atoms with Crippen molar-refractivity contribution < 1.29 is 19.1 Å². The molecule has 2 rings (SSSR count). The predicted octanol–water partition coefficient (Wildman–Crippen LogP) is 1.69. The van der Waals surface area contributed by atoms with Crippen LogP contribution in [0.25, 0.3) is 0 Å². The smallest absolute Gasteiger partial charge is 0.220 e. The van der Waals surface area contributed by atoms with Gasteiger partial charge in [-0.2, -0.15) is 0 Å². The van der Waals surface area contributed by atoms with Crippen molar-refractivity contribution in [2.24, 2.45) is 11.7 Å². The molecule has 27 heavy (non-hydrogen) atoms. The molecule has 0 radical (unpaired) electrons. The van der Waals surface area contributed by atoms with E-state index in [1.54, 1.807) is 21.1 Å². The summed E-state index contributed by atoms with van der Waals surface area (Å²) in [6.45, 7) is 4.29. The molecule has 1 aromatic carbocycles. The molecule has 0 aromatic heterocycles. The SMILES string of the molecule is COc1cccc(OC)c1CN1CCC(NC(=O)CC[C@H](C)C(N)=O)CC1. The fraction of sp³-hybridized carbons (Fsp3) is 0.600. The number of hydrogen-bond donors (Lipinski definition) is 2. The van der Waals surface area contributed by atoms with Gasteiger partial charge >= 0.3 is 0 Å². The average Bonchev–Trinajstić information content (AvgIpc) is 2.67. The zero-order chi connectivity index (χ0) is 19.8.